The highest BCUT2D eigenvalue weighted by molar-refractivity contribution is 7.46. The molecule has 1 atom stereocenters. The molecule has 0 unspecified atom stereocenters. The zero-order valence-corrected chi connectivity index (χ0v) is 28.9. The average molecular weight is 653 g/mol. The number of hydrogen-bond donors (Lipinski definition) is 2. The number of esters is 2. The van der Waals surface area contributed by atoms with Crippen molar-refractivity contribution in [3.8, 4) is 0 Å². The highest BCUT2D eigenvalue weighted by Gasteiger charge is 2.22. The van der Waals surface area contributed by atoms with Crippen LogP contribution in [0.5, 0.6) is 0 Å². The molecule has 2 N–H and O–H groups in total. The minimum absolute atomic E-state index is 0.171. The van der Waals surface area contributed by atoms with Crippen molar-refractivity contribution in [2.75, 3.05) is 13.2 Å². The lowest BCUT2D eigenvalue weighted by Crippen LogP contribution is -2.29. The van der Waals surface area contributed by atoms with Gasteiger partial charge in [0.15, 0.2) is 6.10 Å². The van der Waals surface area contributed by atoms with E-state index in [0.717, 1.165) is 77.0 Å². The van der Waals surface area contributed by atoms with Crippen LogP contribution in [0.2, 0.25) is 0 Å². The van der Waals surface area contributed by atoms with E-state index < -0.39 is 32.5 Å². The van der Waals surface area contributed by atoms with Gasteiger partial charge < -0.3 is 19.3 Å². The number of phosphoric ester groups is 1. The summed E-state index contributed by atoms with van der Waals surface area (Å²) < 4.78 is 26.1. The fraction of sp³-hybridized carbons (Fsp3) is 0.667. The fourth-order valence-corrected chi connectivity index (χ4v) is 4.64. The zero-order valence-electron chi connectivity index (χ0n) is 28.0. The molecule has 0 bridgehead atoms. The zero-order chi connectivity index (χ0) is 33.3. The van der Waals surface area contributed by atoms with Crippen molar-refractivity contribution >= 4 is 19.8 Å². The van der Waals surface area contributed by atoms with Crippen molar-refractivity contribution in [1.82, 2.24) is 0 Å². The van der Waals surface area contributed by atoms with Crippen molar-refractivity contribution in [3.05, 3.63) is 60.8 Å². The summed E-state index contributed by atoms with van der Waals surface area (Å²) in [5.74, 6) is -0.934. The molecular weight excluding hydrogens is 591 g/mol. The first-order valence-corrected chi connectivity index (χ1v) is 18.6. The molecule has 0 heterocycles. The van der Waals surface area contributed by atoms with Crippen LogP contribution in [0.3, 0.4) is 0 Å². The largest absolute Gasteiger partial charge is 0.469 e. The lowest BCUT2D eigenvalue weighted by molar-refractivity contribution is -0.161. The highest BCUT2D eigenvalue weighted by atomic mass is 31.2. The van der Waals surface area contributed by atoms with Crippen LogP contribution in [0, 0.1) is 0 Å². The van der Waals surface area contributed by atoms with Gasteiger partial charge in [-0.25, -0.2) is 4.57 Å². The fourth-order valence-electron chi connectivity index (χ4n) is 4.28. The van der Waals surface area contributed by atoms with E-state index in [1.54, 1.807) is 0 Å². The van der Waals surface area contributed by atoms with Crippen molar-refractivity contribution in [2.45, 2.75) is 142 Å². The van der Waals surface area contributed by atoms with Gasteiger partial charge in [0.1, 0.15) is 6.61 Å². The Morgan fingerprint density at radius 2 is 1.07 bits per heavy atom. The van der Waals surface area contributed by atoms with Gasteiger partial charge in [-0.3, -0.25) is 14.1 Å². The van der Waals surface area contributed by atoms with Gasteiger partial charge in [-0.2, -0.15) is 0 Å². The van der Waals surface area contributed by atoms with Crippen LogP contribution in [0.4, 0.5) is 0 Å². The molecular formula is C36H61O8P. The number of carbonyl (C=O) groups excluding carboxylic acids is 2. The first-order valence-electron chi connectivity index (χ1n) is 17.1. The maximum absolute atomic E-state index is 12.3. The normalized spacial score (nSPS) is 13.2. The molecule has 258 valence electrons. The second kappa shape index (κ2) is 31.7. The summed E-state index contributed by atoms with van der Waals surface area (Å²) in [5.41, 5.74) is 0. The molecule has 0 aliphatic heterocycles. The maximum atomic E-state index is 12.3. The smallest absolute Gasteiger partial charge is 0.462 e. The Kier molecular flexibility index (Phi) is 30.1. The molecule has 9 heteroatoms. The van der Waals surface area contributed by atoms with Crippen LogP contribution in [0.25, 0.3) is 0 Å². The van der Waals surface area contributed by atoms with Crippen LogP contribution in [0.15, 0.2) is 60.8 Å². The first kappa shape index (κ1) is 42.8. The van der Waals surface area contributed by atoms with Crippen molar-refractivity contribution < 1.29 is 37.9 Å². The Morgan fingerprint density at radius 3 is 1.60 bits per heavy atom. The van der Waals surface area contributed by atoms with E-state index in [0.29, 0.717) is 6.42 Å². The quantitative estimate of drug-likeness (QED) is 0.0341. The number of phosphoric acid groups is 1. The number of unbranched alkanes of at least 4 members (excludes halogenated alkanes) is 10. The number of allylic oxidation sites excluding steroid dienone is 10. The van der Waals surface area contributed by atoms with Crippen LogP contribution < -0.4 is 0 Å². The molecule has 0 rings (SSSR count). The van der Waals surface area contributed by atoms with E-state index in [1.165, 1.54) is 25.7 Å². The molecule has 0 aromatic carbocycles. The third-order valence-corrected chi connectivity index (χ3v) is 7.29. The lowest BCUT2D eigenvalue weighted by Gasteiger charge is -2.18. The summed E-state index contributed by atoms with van der Waals surface area (Å²) in [7, 11) is -4.75. The monoisotopic (exact) mass is 652 g/mol. The number of ether oxygens (including phenoxy) is 2. The molecule has 0 spiro atoms. The summed E-state index contributed by atoms with van der Waals surface area (Å²) in [6.07, 6.45) is 38.1. The standard InChI is InChI=1S/C36H61O8P/c1-3-5-7-9-11-13-14-15-16-17-18-19-20-21-22-23-25-27-29-31-36(38)44-34(33-43-45(39,40)41)32-42-35(37)30-28-26-24-12-10-8-6-4-2/h5,7,11,13,15-16,18-19,21-22,34H,3-4,6,8-10,12,14,17,20,23-33H2,1-2H3,(H2,39,40,41)/b7-5+,13-11+,16-15+,19-18+,22-21+/t34-/m1/s1. The van der Waals surface area contributed by atoms with Gasteiger partial charge in [-0.05, 0) is 57.8 Å². The molecule has 0 aliphatic rings. The van der Waals surface area contributed by atoms with Crippen LogP contribution in [-0.4, -0.2) is 41.0 Å². The maximum Gasteiger partial charge on any atom is 0.469 e. The summed E-state index contributed by atoms with van der Waals surface area (Å²) in [4.78, 5) is 42.4. The van der Waals surface area contributed by atoms with E-state index in [2.05, 4.69) is 79.1 Å². The molecule has 0 aliphatic carbocycles. The van der Waals surface area contributed by atoms with E-state index in [-0.39, 0.29) is 19.4 Å². The Balaban J connectivity index is 4.08. The van der Waals surface area contributed by atoms with Crippen molar-refractivity contribution in [2.24, 2.45) is 0 Å². The third kappa shape index (κ3) is 34.5. The first-order chi connectivity index (χ1) is 21.8. The molecule has 0 saturated carbocycles. The number of carbonyl (C=O) groups is 2. The Hall–Kier alpha value is -2.25. The van der Waals surface area contributed by atoms with Gasteiger partial charge in [0, 0.05) is 12.8 Å². The molecule has 0 aromatic heterocycles. The average Bonchev–Trinajstić information content (AvgIpc) is 3.00. The van der Waals surface area contributed by atoms with Crippen LogP contribution in [-0.2, 0) is 28.2 Å². The minimum Gasteiger partial charge on any atom is -0.462 e. The Morgan fingerprint density at radius 1 is 0.600 bits per heavy atom. The van der Waals surface area contributed by atoms with Gasteiger partial charge in [0.25, 0.3) is 0 Å². The lowest BCUT2D eigenvalue weighted by atomic mass is 10.1. The molecule has 0 amide bonds. The van der Waals surface area contributed by atoms with Crippen molar-refractivity contribution in [3.63, 3.8) is 0 Å². The molecule has 0 radical (unpaired) electrons. The number of rotatable bonds is 30. The Bertz CT molecular complexity index is 916. The predicted molar refractivity (Wildman–Crippen MR) is 184 cm³/mol. The van der Waals surface area contributed by atoms with Gasteiger partial charge in [0.2, 0.25) is 0 Å². The third-order valence-electron chi connectivity index (χ3n) is 6.80. The van der Waals surface area contributed by atoms with E-state index >= 15 is 0 Å². The van der Waals surface area contributed by atoms with Gasteiger partial charge in [0.05, 0.1) is 6.61 Å². The highest BCUT2D eigenvalue weighted by Crippen LogP contribution is 2.35. The predicted octanol–water partition coefficient (Wildman–Crippen LogP) is 9.78. The van der Waals surface area contributed by atoms with Crippen molar-refractivity contribution in [1.29, 1.82) is 0 Å². The summed E-state index contributed by atoms with van der Waals surface area (Å²) in [5, 5.41) is 0. The van der Waals surface area contributed by atoms with E-state index in [4.69, 9.17) is 19.3 Å². The minimum atomic E-state index is -4.75. The Labute approximate surface area is 273 Å². The molecule has 0 saturated heterocycles. The molecule has 0 fully saturated rings. The van der Waals surface area contributed by atoms with Crippen LogP contribution in [0.1, 0.15) is 136 Å². The topological polar surface area (TPSA) is 119 Å². The summed E-state index contributed by atoms with van der Waals surface area (Å²) in [6, 6.07) is 0. The second-order valence-corrected chi connectivity index (χ2v) is 12.4. The summed E-state index contributed by atoms with van der Waals surface area (Å²) >= 11 is 0. The summed E-state index contributed by atoms with van der Waals surface area (Å²) in [6.45, 7) is 3.47. The number of hydrogen-bond acceptors (Lipinski definition) is 6. The molecule has 45 heavy (non-hydrogen) atoms. The molecule has 0 aromatic rings. The van der Waals surface area contributed by atoms with E-state index in [9.17, 15) is 14.2 Å². The van der Waals surface area contributed by atoms with Gasteiger partial charge >= 0.3 is 19.8 Å². The molecule has 8 nitrogen and oxygen atoms in total. The second-order valence-electron chi connectivity index (χ2n) is 11.1. The SMILES string of the molecule is CC/C=C/C/C=C/C/C=C/C/C=C/C/C=C/CCCCCC(=O)O[C@H](COC(=O)CCCCCCCCCC)COP(=O)(O)O. The van der Waals surface area contributed by atoms with E-state index in [1.807, 2.05) is 0 Å². The van der Waals surface area contributed by atoms with Crippen LogP contribution >= 0.6 is 7.82 Å². The van der Waals surface area contributed by atoms with Gasteiger partial charge in [-0.1, -0.05) is 126 Å². The van der Waals surface area contributed by atoms with Gasteiger partial charge in [-0.15, -0.1) is 0 Å².